The number of para-hydroxylation sites is 2. The smallest absolute Gasteiger partial charge is 0.414 e. The normalized spacial score (nSPS) is 14.1. The molecule has 1 heterocycles. The lowest BCUT2D eigenvalue weighted by atomic mass is 9.88. The van der Waals surface area contributed by atoms with E-state index in [1.807, 2.05) is 60.7 Å². The standard InChI is InChI=1S/C27H30N2O2.C2H2O4/c1-31-26-15-9-8-14-25(26)29-20-18-28(19-21-29)17-16-24(22-10-4-2-5-11-22)27(30)23-12-6-3-7-13-23;3-1(4)2(5)6/h2-15,24H,16-21H2,1H3;(H,3,4)(H,5,6). The van der Waals surface area contributed by atoms with Crippen LogP contribution >= 0.6 is 0 Å². The van der Waals surface area contributed by atoms with E-state index in [9.17, 15) is 4.79 Å². The highest BCUT2D eigenvalue weighted by molar-refractivity contribution is 6.27. The number of aliphatic carboxylic acids is 2. The molecule has 3 aromatic rings. The summed E-state index contributed by atoms with van der Waals surface area (Å²) in [6.45, 7) is 4.81. The van der Waals surface area contributed by atoms with Gasteiger partial charge >= 0.3 is 11.9 Å². The van der Waals surface area contributed by atoms with E-state index in [4.69, 9.17) is 24.5 Å². The average molecular weight is 505 g/mol. The highest BCUT2D eigenvalue weighted by Gasteiger charge is 2.25. The van der Waals surface area contributed by atoms with Crippen LogP contribution in [-0.4, -0.2) is 72.7 Å². The van der Waals surface area contributed by atoms with Crippen LogP contribution < -0.4 is 9.64 Å². The summed E-state index contributed by atoms with van der Waals surface area (Å²) in [5, 5.41) is 14.8. The fourth-order valence-electron chi connectivity index (χ4n) is 4.35. The van der Waals surface area contributed by atoms with Crippen molar-refractivity contribution in [3.63, 3.8) is 0 Å². The first-order valence-corrected chi connectivity index (χ1v) is 12.1. The molecule has 4 rings (SSSR count). The van der Waals surface area contributed by atoms with Gasteiger partial charge in [-0.25, -0.2) is 9.59 Å². The molecule has 0 amide bonds. The van der Waals surface area contributed by atoms with Gasteiger partial charge in [0.2, 0.25) is 0 Å². The fourth-order valence-corrected chi connectivity index (χ4v) is 4.35. The van der Waals surface area contributed by atoms with Crippen LogP contribution in [-0.2, 0) is 9.59 Å². The van der Waals surface area contributed by atoms with Crippen LogP contribution in [0, 0.1) is 0 Å². The number of piperazine rings is 1. The predicted octanol–water partition coefficient (Wildman–Crippen LogP) is 4.03. The van der Waals surface area contributed by atoms with Gasteiger partial charge in [-0.05, 0) is 30.7 Å². The number of anilines is 1. The first kappa shape index (κ1) is 27.4. The molecule has 37 heavy (non-hydrogen) atoms. The van der Waals surface area contributed by atoms with Gasteiger partial charge in [0.25, 0.3) is 0 Å². The van der Waals surface area contributed by atoms with Crippen molar-refractivity contribution >= 4 is 23.4 Å². The number of rotatable bonds is 8. The van der Waals surface area contributed by atoms with Gasteiger partial charge in [0.05, 0.1) is 12.8 Å². The summed E-state index contributed by atoms with van der Waals surface area (Å²) < 4.78 is 5.53. The zero-order valence-corrected chi connectivity index (χ0v) is 20.8. The third-order valence-corrected chi connectivity index (χ3v) is 6.29. The molecular weight excluding hydrogens is 472 g/mol. The predicted molar refractivity (Wildman–Crippen MR) is 141 cm³/mol. The van der Waals surface area contributed by atoms with Crippen molar-refractivity contribution in [2.75, 3.05) is 44.7 Å². The molecule has 194 valence electrons. The molecule has 0 aromatic heterocycles. The summed E-state index contributed by atoms with van der Waals surface area (Å²) in [4.78, 5) is 36.3. The number of hydrogen-bond acceptors (Lipinski definition) is 6. The van der Waals surface area contributed by atoms with E-state index in [0.29, 0.717) is 0 Å². The van der Waals surface area contributed by atoms with Crippen LogP contribution in [0.15, 0.2) is 84.9 Å². The average Bonchev–Trinajstić information content (AvgIpc) is 2.94. The number of hydrogen-bond donors (Lipinski definition) is 2. The zero-order chi connectivity index (χ0) is 26.6. The van der Waals surface area contributed by atoms with Gasteiger partial charge in [-0.1, -0.05) is 72.8 Å². The number of ketones is 1. The Bertz CT molecular complexity index is 1150. The lowest BCUT2D eigenvalue weighted by molar-refractivity contribution is -0.159. The Morgan fingerprint density at radius 1 is 0.784 bits per heavy atom. The van der Waals surface area contributed by atoms with Crippen LogP contribution in [0.4, 0.5) is 5.69 Å². The van der Waals surface area contributed by atoms with Gasteiger partial charge in [-0.3, -0.25) is 9.69 Å². The second kappa shape index (κ2) is 13.8. The highest BCUT2D eigenvalue weighted by Crippen LogP contribution is 2.29. The molecule has 1 aliphatic heterocycles. The van der Waals surface area contributed by atoms with Crippen LogP contribution in [0.3, 0.4) is 0 Å². The zero-order valence-electron chi connectivity index (χ0n) is 20.8. The summed E-state index contributed by atoms with van der Waals surface area (Å²) in [5.41, 5.74) is 3.05. The monoisotopic (exact) mass is 504 g/mol. The van der Waals surface area contributed by atoms with E-state index >= 15 is 0 Å². The van der Waals surface area contributed by atoms with Gasteiger partial charge in [-0.2, -0.15) is 0 Å². The van der Waals surface area contributed by atoms with Crippen LogP contribution in [0.25, 0.3) is 0 Å². The van der Waals surface area contributed by atoms with Gasteiger partial charge < -0.3 is 19.8 Å². The van der Waals surface area contributed by atoms with Crippen molar-refractivity contribution in [2.24, 2.45) is 0 Å². The largest absolute Gasteiger partial charge is 0.495 e. The molecular formula is C29H32N2O6. The van der Waals surface area contributed by atoms with Crippen molar-refractivity contribution in [3.05, 3.63) is 96.1 Å². The van der Waals surface area contributed by atoms with E-state index in [-0.39, 0.29) is 11.7 Å². The maximum absolute atomic E-state index is 13.3. The number of carbonyl (C=O) groups excluding carboxylic acids is 1. The van der Waals surface area contributed by atoms with Crippen molar-refractivity contribution in [1.29, 1.82) is 0 Å². The van der Waals surface area contributed by atoms with Gasteiger partial charge in [0.15, 0.2) is 5.78 Å². The number of carboxylic acid groups (broad SMARTS) is 2. The fraction of sp³-hybridized carbons (Fsp3) is 0.276. The molecule has 1 atom stereocenters. The molecule has 0 saturated carbocycles. The number of Topliss-reactive ketones (excluding diaryl/α,β-unsaturated/α-hetero) is 1. The van der Waals surface area contributed by atoms with Crippen molar-refractivity contribution in [1.82, 2.24) is 4.90 Å². The Balaban J connectivity index is 0.000000568. The van der Waals surface area contributed by atoms with Gasteiger partial charge in [0, 0.05) is 37.7 Å². The first-order chi connectivity index (χ1) is 17.9. The SMILES string of the molecule is COc1ccccc1N1CCN(CCC(C(=O)c2ccccc2)c2ccccc2)CC1.O=C(O)C(=O)O. The minimum absolute atomic E-state index is 0.115. The van der Waals surface area contributed by atoms with Gasteiger partial charge in [0.1, 0.15) is 5.75 Å². The van der Waals surface area contributed by atoms with E-state index < -0.39 is 11.9 Å². The molecule has 1 saturated heterocycles. The number of carboxylic acids is 2. The van der Waals surface area contributed by atoms with E-state index in [1.54, 1.807) is 7.11 Å². The second-order valence-electron chi connectivity index (χ2n) is 8.59. The topological polar surface area (TPSA) is 107 Å². The molecule has 8 nitrogen and oxygen atoms in total. The maximum Gasteiger partial charge on any atom is 0.414 e. The number of carbonyl (C=O) groups is 3. The number of benzene rings is 3. The van der Waals surface area contributed by atoms with Gasteiger partial charge in [-0.15, -0.1) is 0 Å². The Kier molecular flexibility index (Phi) is 10.2. The lowest BCUT2D eigenvalue weighted by Gasteiger charge is -2.37. The summed E-state index contributed by atoms with van der Waals surface area (Å²) in [6, 6.07) is 28.1. The molecule has 3 aromatic carbocycles. The van der Waals surface area contributed by atoms with E-state index in [2.05, 4.69) is 34.1 Å². The highest BCUT2D eigenvalue weighted by atomic mass is 16.5. The summed E-state index contributed by atoms with van der Waals surface area (Å²) in [7, 11) is 1.72. The van der Waals surface area contributed by atoms with Crippen molar-refractivity contribution in [3.8, 4) is 5.75 Å². The Morgan fingerprint density at radius 2 is 1.32 bits per heavy atom. The minimum Gasteiger partial charge on any atom is -0.495 e. The van der Waals surface area contributed by atoms with Crippen LogP contribution in [0.5, 0.6) is 5.75 Å². The minimum atomic E-state index is -1.82. The first-order valence-electron chi connectivity index (χ1n) is 12.1. The number of methoxy groups -OCH3 is 1. The molecule has 1 aliphatic rings. The molecule has 0 aliphatic carbocycles. The number of nitrogens with zero attached hydrogens (tertiary/aromatic N) is 2. The third-order valence-electron chi connectivity index (χ3n) is 6.29. The Hall–Kier alpha value is -4.17. The van der Waals surface area contributed by atoms with Crippen molar-refractivity contribution < 1.29 is 29.3 Å². The third kappa shape index (κ3) is 7.91. The molecule has 8 heteroatoms. The summed E-state index contributed by atoms with van der Waals surface area (Å²) in [6.07, 6.45) is 0.826. The molecule has 0 bridgehead atoms. The molecule has 1 unspecified atom stereocenters. The summed E-state index contributed by atoms with van der Waals surface area (Å²) >= 11 is 0. The summed E-state index contributed by atoms with van der Waals surface area (Å²) in [5.74, 6) is -2.63. The molecule has 2 N–H and O–H groups in total. The Morgan fingerprint density at radius 3 is 1.89 bits per heavy atom. The molecule has 0 radical (unpaired) electrons. The molecule has 1 fully saturated rings. The number of ether oxygens (including phenoxy) is 1. The molecule has 0 spiro atoms. The second-order valence-corrected chi connectivity index (χ2v) is 8.59. The van der Waals surface area contributed by atoms with E-state index in [0.717, 1.165) is 61.7 Å². The maximum atomic E-state index is 13.3. The quantitative estimate of drug-likeness (QED) is 0.350. The van der Waals surface area contributed by atoms with E-state index in [1.165, 1.54) is 0 Å². The van der Waals surface area contributed by atoms with Crippen LogP contribution in [0.1, 0.15) is 28.3 Å². The van der Waals surface area contributed by atoms with Crippen LogP contribution in [0.2, 0.25) is 0 Å². The van der Waals surface area contributed by atoms with Crippen molar-refractivity contribution in [2.45, 2.75) is 12.3 Å². The Labute approximate surface area is 216 Å². The lowest BCUT2D eigenvalue weighted by Crippen LogP contribution is -2.47.